The van der Waals surface area contributed by atoms with Crippen molar-refractivity contribution in [2.24, 2.45) is 0 Å². The van der Waals surface area contributed by atoms with Gasteiger partial charge >= 0.3 is 5.97 Å². The van der Waals surface area contributed by atoms with Crippen molar-refractivity contribution in [2.45, 2.75) is 40.7 Å². The molecule has 0 aliphatic rings. The van der Waals surface area contributed by atoms with Gasteiger partial charge in [0.2, 0.25) is 5.91 Å². The van der Waals surface area contributed by atoms with Crippen molar-refractivity contribution in [3.63, 3.8) is 0 Å². The first-order chi connectivity index (χ1) is 12.2. The molecular formula is C17H20BrN3O4S. The van der Waals surface area contributed by atoms with Gasteiger partial charge in [-0.15, -0.1) is 11.3 Å². The van der Waals surface area contributed by atoms with Crippen LogP contribution in [0.3, 0.4) is 0 Å². The molecule has 9 heteroatoms. The maximum absolute atomic E-state index is 12.7. The minimum absolute atomic E-state index is 0.168. The van der Waals surface area contributed by atoms with E-state index in [4.69, 9.17) is 4.74 Å². The Morgan fingerprint density at radius 3 is 2.54 bits per heavy atom. The summed E-state index contributed by atoms with van der Waals surface area (Å²) < 4.78 is 7.45. The van der Waals surface area contributed by atoms with Gasteiger partial charge in [-0.3, -0.25) is 14.3 Å². The minimum Gasteiger partial charge on any atom is -0.462 e. The third-order valence-corrected chi connectivity index (χ3v) is 6.00. The average Bonchev–Trinajstić information content (AvgIpc) is 3.07. The van der Waals surface area contributed by atoms with Crippen molar-refractivity contribution in [3.05, 3.63) is 32.4 Å². The predicted molar refractivity (Wildman–Crippen MR) is 103 cm³/mol. The van der Waals surface area contributed by atoms with Crippen molar-refractivity contribution in [1.82, 2.24) is 9.78 Å². The van der Waals surface area contributed by atoms with Crippen LogP contribution >= 0.6 is 27.3 Å². The molecule has 0 aliphatic heterocycles. The molecule has 1 atom stereocenters. The SMILES string of the molecule is CCOC(=O)c1c(NC(=O)C(C)n2ncc(Br)c2C)sc(C(C)=O)c1C. The number of ketones is 1. The molecule has 0 aromatic carbocycles. The number of hydrogen-bond acceptors (Lipinski definition) is 6. The van der Waals surface area contributed by atoms with Crippen LogP contribution in [0.25, 0.3) is 0 Å². The molecule has 0 aliphatic carbocycles. The van der Waals surface area contributed by atoms with Gasteiger partial charge < -0.3 is 10.1 Å². The van der Waals surface area contributed by atoms with Crippen molar-refractivity contribution in [3.8, 4) is 0 Å². The fourth-order valence-electron chi connectivity index (χ4n) is 2.51. The van der Waals surface area contributed by atoms with Gasteiger partial charge in [-0.2, -0.15) is 5.10 Å². The molecule has 0 saturated carbocycles. The molecular weight excluding hydrogens is 422 g/mol. The molecule has 2 heterocycles. The third-order valence-electron chi connectivity index (χ3n) is 3.91. The lowest BCUT2D eigenvalue weighted by atomic mass is 10.1. The van der Waals surface area contributed by atoms with Crippen LogP contribution < -0.4 is 5.32 Å². The molecule has 1 amide bonds. The maximum atomic E-state index is 12.7. The zero-order valence-electron chi connectivity index (χ0n) is 15.2. The van der Waals surface area contributed by atoms with E-state index in [0.29, 0.717) is 15.4 Å². The standard InChI is InChI=1S/C17H20BrN3O4S/c1-6-25-17(24)13-8(2)14(11(5)22)26-16(13)20-15(23)10(4)21-9(3)12(18)7-19-21/h7,10H,6H2,1-5H3,(H,20,23). The molecule has 0 fully saturated rings. The van der Waals surface area contributed by atoms with Gasteiger partial charge in [0.1, 0.15) is 11.0 Å². The number of hydrogen-bond donors (Lipinski definition) is 1. The molecule has 1 N–H and O–H groups in total. The van der Waals surface area contributed by atoms with Crippen LogP contribution in [0.15, 0.2) is 10.7 Å². The van der Waals surface area contributed by atoms with E-state index in [9.17, 15) is 14.4 Å². The summed E-state index contributed by atoms with van der Waals surface area (Å²) in [6.07, 6.45) is 1.62. The van der Waals surface area contributed by atoms with E-state index in [1.165, 1.54) is 6.92 Å². The number of ether oxygens (including phenoxy) is 1. The third kappa shape index (κ3) is 3.88. The van der Waals surface area contributed by atoms with E-state index in [1.807, 2.05) is 6.92 Å². The van der Waals surface area contributed by atoms with Gasteiger partial charge in [0.15, 0.2) is 5.78 Å². The van der Waals surface area contributed by atoms with Gasteiger partial charge in [0, 0.05) is 0 Å². The number of rotatable bonds is 6. The Hall–Kier alpha value is -2.00. The molecule has 26 heavy (non-hydrogen) atoms. The van der Waals surface area contributed by atoms with E-state index in [2.05, 4.69) is 26.3 Å². The number of Topliss-reactive ketones (excluding diaryl/α,β-unsaturated/α-hetero) is 1. The van der Waals surface area contributed by atoms with Crippen LogP contribution in [0, 0.1) is 13.8 Å². The molecule has 140 valence electrons. The molecule has 0 saturated heterocycles. The van der Waals surface area contributed by atoms with Gasteiger partial charge in [-0.05, 0) is 56.1 Å². The lowest BCUT2D eigenvalue weighted by molar-refractivity contribution is -0.119. The zero-order chi connectivity index (χ0) is 19.6. The summed E-state index contributed by atoms with van der Waals surface area (Å²) in [4.78, 5) is 37.2. The number of amides is 1. The second kappa shape index (κ2) is 8.13. The number of carbonyl (C=O) groups excluding carboxylic acids is 3. The number of carbonyl (C=O) groups is 3. The van der Waals surface area contributed by atoms with Crippen LogP contribution in [0.4, 0.5) is 5.00 Å². The largest absolute Gasteiger partial charge is 0.462 e. The predicted octanol–water partition coefficient (Wildman–Crippen LogP) is 3.90. The van der Waals surface area contributed by atoms with E-state index in [-0.39, 0.29) is 23.9 Å². The Bertz CT molecular complexity index is 872. The Labute approximate surface area is 163 Å². The summed E-state index contributed by atoms with van der Waals surface area (Å²) in [5.41, 5.74) is 1.55. The van der Waals surface area contributed by atoms with Crippen LogP contribution in [-0.4, -0.2) is 34.0 Å². The first-order valence-electron chi connectivity index (χ1n) is 8.00. The highest BCUT2D eigenvalue weighted by atomic mass is 79.9. The summed E-state index contributed by atoms with van der Waals surface area (Å²) in [5, 5.41) is 7.25. The highest BCUT2D eigenvalue weighted by molar-refractivity contribution is 9.10. The van der Waals surface area contributed by atoms with Crippen molar-refractivity contribution in [2.75, 3.05) is 11.9 Å². The molecule has 2 rings (SSSR count). The number of thiophene rings is 1. The second-order valence-corrected chi connectivity index (χ2v) is 7.60. The highest BCUT2D eigenvalue weighted by Gasteiger charge is 2.27. The van der Waals surface area contributed by atoms with E-state index in [1.54, 1.807) is 31.6 Å². The monoisotopic (exact) mass is 441 g/mol. The zero-order valence-corrected chi connectivity index (χ0v) is 17.6. The van der Waals surface area contributed by atoms with Gasteiger partial charge in [0.25, 0.3) is 0 Å². The second-order valence-electron chi connectivity index (χ2n) is 5.72. The van der Waals surface area contributed by atoms with Crippen LogP contribution in [0.5, 0.6) is 0 Å². The van der Waals surface area contributed by atoms with Crippen LogP contribution in [0.2, 0.25) is 0 Å². The quantitative estimate of drug-likeness (QED) is 0.541. The smallest absolute Gasteiger partial charge is 0.341 e. The number of nitrogens with zero attached hydrogens (tertiary/aromatic N) is 2. The molecule has 0 bridgehead atoms. The molecule has 2 aromatic rings. The number of anilines is 1. The number of halogens is 1. The van der Waals surface area contributed by atoms with Crippen molar-refractivity contribution < 1.29 is 19.1 Å². The van der Waals surface area contributed by atoms with Gasteiger partial charge in [-0.25, -0.2) is 4.79 Å². The van der Waals surface area contributed by atoms with Crippen molar-refractivity contribution in [1.29, 1.82) is 0 Å². The van der Waals surface area contributed by atoms with Crippen molar-refractivity contribution >= 4 is 49.9 Å². The molecule has 1 unspecified atom stereocenters. The normalized spacial score (nSPS) is 11.9. The average molecular weight is 442 g/mol. The summed E-state index contributed by atoms with van der Waals surface area (Å²) in [5.74, 6) is -1.07. The van der Waals surface area contributed by atoms with Gasteiger partial charge in [0.05, 0.1) is 33.4 Å². The number of nitrogens with one attached hydrogen (secondary N) is 1. The molecule has 0 spiro atoms. The first-order valence-corrected chi connectivity index (χ1v) is 9.61. The summed E-state index contributed by atoms with van der Waals surface area (Å²) in [6.45, 7) is 8.55. The Morgan fingerprint density at radius 2 is 2.04 bits per heavy atom. The van der Waals surface area contributed by atoms with E-state index >= 15 is 0 Å². The Morgan fingerprint density at radius 1 is 1.38 bits per heavy atom. The van der Waals surface area contributed by atoms with Crippen LogP contribution in [-0.2, 0) is 9.53 Å². The maximum Gasteiger partial charge on any atom is 0.341 e. The first kappa shape index (κ1) is 20.3. The Kier molecular flexibility index (Phi) is 6.35. The number of esters is 1. The highest BCUT2D eigenvalue weighted by Crippen LogP contribution is 2.34. The number of aromatic nitrogens is 2. The fraction of sp³-hybridized carbons (Fsp3) is 0.412. The summed E-state index contributed by atoms with van der Waals surface area (Å²) >= 11 is 4.44. The summed E-state index contributed by atoms with van der Waals surface area (Å²) in [6, 6.07) is -0.598. The van der Waals surface area contributed by atoms with E-state index < -0.39 is 12.0 Å². The Balaban J connectivity index is 2.37. The topological polar surface area (TPSA) is 90.3 Å². The minimum atomic E-state index is -0.598. The van der Waals surface area contributed by atoms with Gasteiger partial charge in [-0.1, -0.05) is 0 Å². The molecule has 2 aromatic heterocycles. The lowest BCUT2D eigenvalue weighted by Crippen LogP contribution is -2.25. The van der Waals surface area contributed by atoms with Crippen LogP contribution in [0.1, 0.15) is 58.1 Å². The fourth-order valence-corrected chi connectivity index (χ4v) is 3.87. The van der Waals surface area contributed by atoms with E-state index in [0.717, 1.165) is 21.5 Å². The molecule has 7 nitrogen and oxygen atoms in total. The molecule has 0 radical (unpaired) electrons. The summed E-state index contributed by atoms with van der Waals surface area (Å²) in [7, 11) is 0. The lowest BCUT2D eigenvalue weighted by Gasteiger charge is -2.14.